The van der Waals surface area contributed by atoms with Gasteiger partial charge in [0.2, 0.25) is 0 Å². The van der Waals surface area contributed by atoms with Gasteiger partial charge >= 0.3 is 6.18 Å². The van der Waals surface area contributed by atoms with Gasteiger partial charge in [-0.2, -0.15) is 18.3 Å². The van der Waals surface area contributed by atoms with Crippen LogP contribution in [0, 0.1) is 5.82 Å². The summed E-state index contributed by atoms with van der Waals surface area (Å²) in [6, 6.07) is 6.04. The number of hydrogen-bond acceptors (Lipinski definition) is 4. The van der Waals surface area contributed by atoms with E-state index in [-0.39, 0.29) is 24.3 Å². The molecule has 1 aromatic carbocycles. The molecular formula is C20H17F4N5O. The fourth-order valence-corrected chi connectivity index (χ4v) is 3.42. The highest BCUT2D eigenvalue weighted by atomic mass is 19.4. The van der Waals surface area contributed by atoms with Gasteiger partial charge in [0, 0.05) is 25.4 Å². The third-order valence-corrected chi connectivity index (χ3v) is 4.93. The molecule has 1 aliphatic heterocycles. The van der Waals surface area contributed by atoms with Crippen LogP contribution in [0.1, 0.15) is 40.0 Å². The largest absolute Gasteiger partial charge is 0.410 e. The van der Waals surface area contributed by atoms with Crippen molar-refractivity contribution in [3.8, 4) is 0 Å². The maximum absolute atomic E-state index is 13.7. The SMILES string of the molecule is O=C(NCc1cccnc1)c1cnn2c1N[C@@H](c1ccc(F)cc1)C[C@@H]2C(F)(F)F. The number of amides is 1. The number of hydrogen-bond donors (Lipinski definition) is 2. The number of carbonyl (C=O) groups excluding carboxylic acids is 1. The molecule has 4 rings (SSSR count). The number of pyridine rings is 1. The van der Waals surface area contributed by atoms with Crippen LogP contribution in [-0.2, 0) is 6.54 Å². The van der Waals surface area contributed by atoms with Crippen molar-refractivity contribution < 1.29 is 22.4 Å². The van der Waals surface area contributed by atoms with Gasteiger partial charge in [-0.15, -0.1) is 0 Å². The summed E-state index contributed by atoms with van der Waals surface area (Å²) < 4.78 is 55.1. The van der Waals surface area contributed by atoms with Crippen LogP contribution in [0.2, 0.25) is 0 Å². The van der Waals surface area contributed by atoms with Crippen molar-refractivity contribution in [1.29, 1.82) is 0 Å². The fourth-order valence-electron chi connectivity index (χ4n) is 3.42. The second-order valence-electron chi connectivity index (χ2n) is 6.94. The molecule has 0 saturated heterocycles. The molecule has 2 aromatic heterocycles. The Bertz CT molecular complexity index is 1030. The first-order valence-electron chi connectivity index (χ1n) is 9.16. The van der Waals surface area contributed by atoms with Crippen molar-refractivity contribution in [2.45, 2.75) is 31.2 Å². The topological polar surface area (TPSA) is 71.8 Å². The molecule has 3 aromatic rings. The molecule has 0 bridgehead atoms. The average molecular weight is 419 g/mol. The maximum Gasteiger partial charge on any atom is 0.410 e. The summed E-state index contributed by atoms with van der Waals surface area (Å²) in [6.45, 7) is 0.168. The van der Waals surface area contributed by atoms with Gasteiger partial charge in [-0.1, -0.05) is 18.2 Å². The van der Waals surface area contributed by atoms with Crippen LogP contribution in [0.25, 0.3) is 0 Å². The molecule has 156 valence electrons. The molecule has 2 N–H and O–H groups in total. The summed E-state index contributed by atoms with van der Waals surface area (Å²) in [7, 11) is 0. The lowest BCUT2D eigenvalue weighted by Gasteiger charge is -2.34. The Kier molecular flexibility index (Phi) is 5.15. The van der Waals surface area contributed by atoms with Gasteiger partial charge in [-0.3, -0.25) is 9.78 Å². The Morgan fingerprint density at radius 1 is 1.20 bits per heavy atom. The van der Waals surface area contributed by atoms with Gasteiger partial charge in [0.05, 0.1) is 12.2 Å². The highest BCUT2D eigenvalue weighted by Gasteiger charge is 2.47. The third kappa shape index (κ3) is 3.98. The Morgan fingerprint density at radius 2 is 1.97 bits per heavy atom. The third-order valence-electron chi connectivity index (χ3n) is 4.93. The van der Waals surface area contributed by atoms with Crippen molar-refractivity contribution in [2.24, 2.45) is 0 Å². The van der Waals surface area contributed by atoms with Gasteiger partial charge in [-0.05, 0) is 29.3 Å². The summed E-state index contributed by atoms with van der Waals surface area (Å²) in [5.74, 6) is -1.07. The summed E-state index contributed by atoms with van der Waals surface area (Å²) in [5, 5.41) is 9.46. The zero-order valence-electron chi connectivity index (χ0n) is 15.5. The van der Waals surface area contributed by atoms with Crippen molar-refractivity contribution in [3.63, 3.8) is 0 Å². The van der Waals surface area contributed by atoms with Crippen LogP contribution in [0.3, 0.4) is 0 Å². The highest BCUT2D eigenvalue weighted by molar-refractivity contribution is 5.98. The van der Waals surface area contributed by atoms with Gasteiger partial charge in [0.15, 0.2) is 6.04 Å². The first-order valence-corrected chi connectivity index (χ1v) is 9.16. The van der Waals surface area contributed by atoms with E-state index < -0.39 is 30.0 Å². The number of carbonyl (C=O) groups is 1. The number of rotatable bonds is 4. The zero-order valence-corrected chi connectivity index (χ0v) is 15.5. The quantitative estimate of drug-likeness (QED) is 0.627. The smallest absolute Gasteiger partial charge is 0.363 e. The van der Waals surface area contributed by atoms with Gasteiger partial charge in [0.25, 0.3) is 5.91 Å². The Hall–Kier alpha value is -3.43. The molecule has 2 atom stereocenters. The van der Waals surface area contributed by atoms with E-state index in [0.29, 0.717) is 5.56 Å². The second-order valence-corrected chi connectivity index (χ2v) is 6.94. The summed E-state index contributed by atoms with van der Waals surface area (Å²) in [6.07, 6.45) is -0.607. The van der Waals surface area contributed by atoms with Gasteiger partial charge < -0.3 is 10.6 Å². The summed E-state index contributed by atoms with van der Waals surface area (Å²) in [4.78, 5) is 16.6. The van der Waals surface area contributed by atoms with Crippen LogP contribution in [0.15, 0.2) is 55.0 Å². The molecule has 0 spiro atoms. The molecular weight excluding hydrogens is 402 g/mol. The van der Waals surface area contributed by atoms with Crippen LogP contribution < -0.4 is 10.6 Å². The molecule has 6 nitrogen and oxygen atoms in total. The molecule has 10 heteroatoms. The first kappa shape index (κ1) is 19.9. The molecule has 0 unspecified atom stereocenters. The molecule has 0 aliphatic carbocycles. The number of anilines is 1. The van der Waals surface area contributed by atoms with Crippen molar-refractivity contribution >= 4 is 11.7 Å². The van der Waals surface area contributed by atoms with E-state index in [1.807, 2.05) is 0 Å². The molecule has 0 saturated carbocycles. The lowest BCUT2D eigenvalue weighted by atomic mass is 9.96. The molecule has 0 radical (unpaired) electrons. The van der Waals surface area contributed by atoms with E-state index in [9.17, 15) is 22.4 Å². The van der Waals surface area contributed by atoms with E-state index in [1.54, 1.807) is 24.5 Å². The van der Waals surface area contributed by atoms with Gasteiger partial charge in [-0.25, -0.2) is 9.07 Å². The average Bonchev–Trinajstić information content (AvgIpc) is 3.16. The van der Waals surface area contributed by atoms with E-state index in [1.165, 1.54) is 24.3 Å². The zero-order chi connectivity index (χ0) is 21.3. The van der Waals surface area contributed by atoms with Gasteiger partial charge in [0.1, 0.15) is 17.2 Å². The number of halogens is 4. The molecule has 1 aliphatic rings. The number of nitrogens with one attached hydrogen (secondary N) is 2. The minimum atomic E-state index is -4.56. The van der Waals surface area contributed by atoms with Crippen LogP contribution >= 0.6 is 0 Å². The van der Waals surface area contributed by atoms with Crippen molar-refractivity contribution in [3.05, 3.63) is 77.5 Å². The van der Waals surface area contributed by atoms with Crippen LogP contribution in [0.5, 0.6) is 0 Å². The van der Waals surface area contributed by atoms with Crippen molar-refractivity contribution in [2.75, 3.05) is 5.32 Å². The van der Waals surface area contributed by atoms with Crippen LogP contribution in [0.4, 0.5) is 23.4 Å². The number of alkyl halides is 3. The van der Waals surface area contributed by atoms with E-state index in [2.05, 4.69) is 20.7 Å². The number of fused-ring (bicyclic) bond motifs is 1. The first-order chi connectivity index (χ1) is 14.3. The minimum absolute atomic E-state index is 0.0000445. The number of nitrogens with zero attached hydrogens (tertiary/aromatic N) is 3. The summed E-state index contributed by atoms with van der Waals surface area (Å²) >= 11 is 0. The van der Waals surface area contributed by atoms with E-state index >= 15 is 0 Å². The lowest BCUT2D eigenvalue weighted by molar-refractivity contribution is -0.173. The Morgan fingerprint density at radius 3 is 2.63 bits per heavy atom. The monoisotopic (exact) mass is 419 g/mol. The van der Waals surface area contributed by atoms with E-state index in [0.717, 1.165) is 16.4 Å². The lowest BCUT2D eigenvalue weighted by Crippen LogP contribution is -2.36. The Balaban J connectivity index is 1.62. The highest BCUT2D eigenvalue weighted by Crippen LogP contribution is 2.44. The predicted molar refractivity (Wildman–Crippen MR) is 100 cm³/mol. The molecule has 30 heavy (non-hydrogen) atoms. The van der Waals surface area contributed by atoms with E-state index in [4.69, 9.17) is 0 Å². The molecule has 0 fully saturated rings. The minimum Gasteiger partial charge on any atom is -0.363 e. The van der Waals surface area contributed by atoms with Crippen molar-refractivity contribution in [1.82, 2.24) is 20.1 Å². The number of benzene rings is 1. The fraction of sp³-hybridized carbons (Fsp3) is 0.250. The maximum atomic E-state index is 13.7. The molecule has 1 amide bonds. The Labute approximate surface area is 168 Å². The summed E-state index contributed by atoms with van der Waals surface area (Å²) in [5.41, 5.74) is 1.23. The van der Waals surface area contributed by atoms with Crippen LogP contribution in [-0.4, -0.2) is 26.8 Å². The second kappa shape index (κ2) is 7.77. The normalized spacial score (nSPS) is 18.4. The predicted octanol–water partition coefficient (Wildman–Crippen LogP) is 4.01. The standard InChI is InChI=1S/C20H17F4N5O/c21-14-5-3-13(4-6-14)16-8-17(20(22,23)24)29-18(28-16)15(11-27-29)19(30)26-10-12-2-1-7-25-9-12/h1-7,9,11,16-17,28H,8,10H2,(H,26,30)/t16-,17-/m1/s1. The number of aromatic nitrogens is 3. The molecule has 3 heterocycles.